The molecule has 1 N–H and O–H groups in total. The van der Waals surface area contributed by atoms with Crippen molar-refractivity contribution in [3.8, 4) is 11.9 Å². The smallest absolute Gasteiger partial charge is 0.410 e. The fourth-order valence-corrected chi connectivity index (χ4v) is 2.22. The van der Waals surface area contributed by atoms with Crippen LogP contribution in [0.4, 0.5) is 10.7 Å². The van der Waals surface area contributed by atoms with E-state index in [0.717, 1.165) is 6.42 Å². The van der Waals surface area contributed by atoms with Gasteiger partial charge in [-0.2, -0.15) is 10.2 Å². The highest BCUT2D eigenvalue weighted by atomic mass is 16.6. The van der Waals surface area contributed by atoms with Gasteiger partial charge in [-0.25, -0.2) is 9.78 Å². The van der Waals surface area contributed by atoms with E-state index in [4.69, 9.17) is 14.7 Å². The molecule has 0 spiro atoms. The van der Waals surface area contributed by atoms with Crippen LogP contribution in [0.1, 0.15) is 32.8 Å². The van der Waals surface area contributed by atoms with Crippen molar-refractivity contribution in [2.24, 2.45) is 0 Å². The number of hydrogen-bond acceptors (Lipinski definition) is 7. The highest BCUT2D eigenvalue weighted by Crippen LogP contribution is 2.19. The Morgan fingerprint density at radius 2 is 2.26 bits per heavy atom. The number of nitriles is 1. The zero-order valence-corrected chi connectivity index (χ0v) is 13.8. The average molecular weight is 319 g/mol. The van der Waals surface area contributed by atoms with E-state index < -0.39 is 5.60 Å². The molecule has 0 aromatic carbocycles. The minimum absolute atomic E-state index is 0.0279. The number of likely N-dealkylation sites (tertiary alicyclic amines) is 1. The largest absolute Gasteiger partial charge is 0.480 e. The van der Waals surface area contributed by atoms with Crippen LogP contribution in [0.15, 0.2) is 6.20 Å². The van der Waals surface area contributed by atoms with E-state index in [0.29, 0.717) is 19.0 Å². The molecule has 8 heteroatoms. The van der Waals surface area contributed by atoms with Gasteiger partial charge in [0.05, 0.1) is 13.3 Å². The monoisotopic (exact) mass is 319 g/mol. The van der Waals surface area contributed by atoms with Crippen LogP contribution in [-0.4, -0.2) is 52.8 Å². The quantitative estimate of drug-likeness (QED) is 0.906. The summed E-state index contributed by atoms with van der Waals surface area (Å²) in [5.74, 6) is 0.601. The second kappa shape index (κ2) is 6.69. The summed E-state index contributed by atoms with van der Waals surface area (Å²) < 4.78 is 10.4. The van der Waals surface area contributed by atoms with Crippen molar-refractivity contribution >= 4 is 12.0 Å². The lowest BCUT2D eigenvalue weighted by Gasteiger charge is -2.24. The van der Waals surface area contributed by atoms with Crippen molar-refractivity contribution < 1.29 is 14.3 Å². The molecule has 2 heterocycles. The van der Waals surface area contributed by atoms with Crippen LogP contribution in [0.25, 0.3) is 0 Å². The van der Waals surface area contributed by atoms with E-state index in [-0.39, 0.29) is 23.6 Å². The van der Waals surface area contributed by atoms with Crippen molar-refractivity contribution in [3.63, 3.8) is 0 Å². The number of amides is 1. The molecule has 1 aromatic heterocycles. The minimum atomic E-state index is -0.508. The molecule has 1 unspecified atom stereocenters. The van der Waals surface area contributed by atoms with Gasteiger partial charge >= 0.3 is 6.09 Å². The number of carbonyl (C=O) groups is 1. The third-order valence-electron chi connectivity index (χ3n) is 3.24. The van der Waals surface area contributed by atoms with Crippen molar-refractivity contribution in [2.75, 3.05) is 25.5 Å². The number of anilines is 1. The summed E-state index contributed by atoms with van der Waals surface area (Å²) in [6.45, 7) is 6.65. The number of methoxy groups -OCH3 is 1. The van der Waals surface area contributed by atoms with Gasteiger partial charge in [0.2, 0.25) is 11.8 Å². The second-order valence-electron chi connectivity index (χ2n) is 6.28. The lowest BCUT2D eigenvalue weighted by atomic mass is 10.2. The number of nitrogens with zero attached hydrogens (tertiary/aromatic N) is 4. The van der Waals surface area contributed by atoms with E-state index in [1.165, 1.54) is 13.3 Å². The van der Waals surface area contributed by atoms with Crippen LogP contribution in [0.3, 0.4) is 0 Å². The van der Waals surface area contributed by atoms with Gasteiger partial charge in [0.15, 0.2) is 0 Å². The summed E-state index contributed by atoms with van der Waals surface area (Å²) in [7, 11) is 1.45. The molecule has 1 amide bonds. The van der Waals surface area contributed by atoms with Gasteiger partial charge in [-0.3, -0.25) is 0 Å². The zero-order chi connectivity index (χ0) is 17.0. The van der Waals surface area contributed by atoms with Crippen molar-refractivity contribution in [1.82, 2.24) is 14.9 Å². The normalized spacial score (nSPS) is 17.5. The maximum absolute atomic E-state index is 12.0. The molecule has 0 radical (unpaired) electrons. The second-order valence-corrected chi connectivity index (χ2v) is 6.28. The van der Waals surface area contributed by atoms with Gasteiger partial charge in [-0.15, -0.1) is 0 Å². The Morgan fingerprint density at radius 3 is 2.87 bits per heavy atom. The van der Waals surface area contributed by atoms with Crippen LogP contribution in [-0.2, 0) is 4.74 Å². The minimum Gasteiger partial charge on any atom is -0.480 e. The van der Waals surface area contributed by atoms with Gasteiger partial charge in [-0.05, 0) is 27.2 Å². The summed E-state index contributed by atoms with van der Waals surface area (Å²) in [4.78, 5) is 21.9. The van der Waals surface area contributed by atoms with Crippen LogP contribution in [0.2, 0.25) is 0 Å². The first-order valence-corrected chi connectivity index (χ1v) is 7.38. The molecule has 124 valence electrons. The Hall–Kier alpha value is -2.56. The molecule has 1 saturated heterocycles. The van der Waals surface area contributed by atoms with Crippen molar-refractivity contribution in [1.29, 1.82) is 5.26 Å². The number of carbonyl (C=O) groups excluding carboxylic acids is 1. The molecule has 1 atom stereocenters. The first-order chi connectivity index (χ1) is 10.8. The Bertz CT molecular complexity index is 621. The first kappa shape index (κ1) is 16.8. The first-order valence-electron chi connectivity index (χ1n) is 7.38. The number of rotatable bonds is 3. The van der Waals surface area contributed by atoms with Gasteiger partial charge in [0.25, 0.3) is 0 Å². The molecule has 8 nitrogen and oxygen atoms in total. The predicted molar refractivity (Wildman–Crippen MR) is 83.1 cm³/mol. The predicted octanol–water partition coefficient (Wildman–Crippen LogP) is 1.78. The summed E-state index contributed by atoms with van der Waals surface area (Å²) in [6.07, 6.45) is 1.86. The Balaban J connectivity index is 1.96. The van der Waals surface area contributed by atoms with Gasteiger partial charge in [0.1, 0.15) is 17.2 Å². The number of ether oxygens (including phenoxy) is 2. The molecule has 23 heavy (non-hydrogen) atoms. The molecule has 1 aliphatic rings. The van der Waals surface area contributed by atoms with Gasteiger partial charge < -0.3 is 19.7 Å². The van der Waals surface area contributed by atoms with E-state index in [9.17, 15) is 4.79 Å². The lowest BCUT2D eigenvalue weighted by molar-refractivity contribution is 0.0293. The topological polar surface area (TPSA) is 100 Å². The highest BCUT2D eigenvalue weighted by Gasteiger charge is 2.30. The number of aromatic nitrogens is 2. The van der Waals surface area contributed by atoms with Crippen LogP contribution < -0.4 is 10.1 Å². The zero-order valence-electron chi connectivity index (χ0n) is 13.8. The fourth-order valence-electron chi connectivity index (χ4n) is 2.22. The Kier molecular flexibility index (Phi) is 4.89. The molecule has 1 fully saturated rings. The molecule has 0 aliphatic carbocycles. The third-order valence-corrected chi connectivity index (χ3v) is 3.24. The van der Waals surface area contributed by atoms with Gasteiger partial charge in [0, 0.05) is 19.1 Å². The lowest BCUT2D eigenvalue weighted by Crippen LogP contribution is -2.36. The van der Waals surface area contributed by atoms with Crippen molar-refractivity contribution in [2.45, 2.75) is 38.8 Å². The van der Waals surface area contributed by atoms with E-state index in [1.54, 1.807) is 4.90 Å². The fraction of sp³-hybridized carbons (Fsp3) is 0.600. The van der Waals surface area contributed by atoms with E-state index in [1.807, 2.05) is 26.8 Å². The summed E-state index contributed by atoms with van der Waals surface area (Å²) in [5, 5.41) is 12.1. The van der Waals surface area contributed by atoms with Crippen LogP contribution in [0, 0.1) is 11.3 Å². The molecule has 1 aromatic rings. The molecular weight excluding hydrogens is 298 g/mol. The molecule has 2 rings (SSSR count). The number of hydrogen-bond donors (Lipinski definition) is 1. The summed E-state index contributed by atoms with van der Waals surface area (Å²) in [6, 6.07) is 1.99. The van der Waals surface area contributed by atoms with E-state index >= 15 is 0 Å². The Labute approximate surface area is 135 Å². The SMILES string of the molecule is COc1nc(NC2CCN(C(=O)OC(C)(C)C)C2)ncc1C#N. The third kappa shape index (κ3) is 4.45. The maximum atomic E-state index is 12.0. The van der Waals surface area contributed by atoms with Crippen LogP contribution in [0.5, 0.6) is 5.88 Å². The maximum Gasteiger partial charge on any atom is 0.410 e. The van der Waals surface area contributed by atoms with Gasteiger partial charge in [-0.1, -0.05) is 0 Å². The summed E-state index contributed by atoms with van der Waals surface area (Å²) >= 11 is 0. The molecular formula is C15H21N5O3. The number of nitrogens with one attached hydrogen (secondary N) is 1. The average Bonchev–Trinajstić information content (AvgIpc) is 2.94. The molecule has 0 bridgehead atoms. The van der Waals surface area contributed by atoms with Crippen LogP contribution >= 0.6 is 0 Å². The van der Waals surface area contributed by atoms with Crippen molar-refractivity contribution in [3.05, 3.63) is 11.8 Å². The molecule has 0 saturated carbocycles. The molecule has 1 aliphatic heterocycles. The Morgan fingerprint density at radius 1 is 1.52 bits per heavy atom. The van der Waals surface area contributed by atoms with E-state index in [2.05, 4.69) is 15.3 Å². The summed E-state index contributed by atoms with van der Waals surface area (Å²) in [5.41, 5.74) is -0.230. The standard InChI is InChI=1S/C15H21N5O3/c1-15(2,3)23-14(21)20-6-5-11(9-20)18-13-17-8-10(7-16)12(19-13)22-4/h8,11H,5-6,9H2,1-4H3,(H,17,18,19). The highest BCUT2D eigenvalue weighted by molar-refractivity contribution is 5.68.